The smallest absolute Gasteiger partial charge is 0.223 e. The number of nitrogens with zero attached hydrogens (tertiary/aromatic N) is 4. The van der Waals surface area contributed by atoms with Crippen LogP contribution in [-0.2, 0) is 4.79 Å². The van der Waals surface area contributed by atoms with E-state index in [4.69, 9.17) is 4.74 Å². The number of carbonyl (C=O) groups excluding carboxylic acids is 2. The van der Waals surface area contributed by atoms with Gasteiger partial charge in [0, 0.05) is 32.0 Å². The Balaban J connectivity index is 1.48. The Morgan fingerprint density at radius 1 is 1.07 bits per heavy atom. The minimum absolute atomic E-state index is 0.110. The summed E-state index contributed by atoms with van der Waals surface area (Å²) in [4.78, 5) is 26.8. The van der Waals surface area contributed by atoms with Gasteiger partial charge in [0.25, 0.3) is 0 Å². The fourth-order valence-corrected chi connectivity index (χ4v) is 4.43. The van der Waals surface area contributed by atoms with Crippen molar-refractivity contribution < 1.29 is 14.3 Å². The van der Waals surface area contributed by atoms with Gasteiger partial charge in [-0.05, 0) is 49.9 Å². The van der Waals surface area contributed by atoms with Crippen molar-refractivity contribution in [3.8, 4) is 11.4 Å². The molecule has 0 unspecified atom stereocenters. The van der Waals surface area contributed by atoms with Crippen molar-refractivity contribution in [3.63, 3.8) is 0 Å². The van der Waals surface area contributed by atoms with Gasteiger partial charge in [0.15, 0.2) is 17.3 Å². The Morgan fingerprint density at radius 3 is 2.33 bits per heavy atom. The number of rotatable bonds is 6. The molecule has 0 spiro atoms. The van der Waals surface area contributed by atoms with E-state index in [1.54, 1.807) is 11.8 Å². The van der Waals surface area contributed by atoms with Gasteiger partial charge < -0.3 is 15.0 Å². The van der Waals surface area contributed by atoms with Crippen LogP contribution in [0, 0.1) is 5.92 Å². The lowest BCUT2D eigenvalue weighted by atomic mass is 10.0. The Morgan fingerprint density at radius 2 is 1.73 bits per heavy atom. The third-order valence-corrected chi connectivity index (χ3v) is 6.16. The molecular weight excluding hydrogens is 382 g/mol. The minimum atomic E-state index is -0.110. The molecule has 30 heavy (non-hydrogen) atoms. The molecule has 2 fully saturated rings. The van der Waals surface area contributed by atoms with Crippen LogP contribution in [0.15, 0.2) is 24.3 Å². The molecule has 1 N–H and O–H groups in total. The van der Waals surface area contributed by atoms with Crippen LogP contribution in [-0.4, -0.2) is 52.9 Å². The molecule has 1 aromatic heterocycles. The van der Waals surface area contributed by atoms with Crippen LogP contribution < -0.4 is 15.0 Å². The van der Waals surface area contributed by atoms with E-state index < -0.39 is 0 Å². The standard InChI is InChI=1S/C22H29N5O3/c1-15(28)20-22(27(25-24-20)18-7-9-19(30-2)10-8-18)26-13-11-17(12-14-26)23-21(29)16-5-3-4-6-16/h7-10,16-17H,3-6,11-14H2,1-2H3,(H,23,29). The lowest BCUT2D eigenvalue weighted by molar-refractivity contribution is -0.125. The summed E-state index contributed by atoms with van der Waals surface area (Å²) in [5.74, 6) is 1.76. The van der Waals surface area contributed by atoms with E-state index in [0.717, 1.165) is 63.1 Å². The number of carbonyl (C=O) groups is 2. The molecule has 2 aromatic rings. The lowest BCUT2D eigenvalue weighted by Gasteiger charge is -2.34. The lowest BCUT2D eigenvalue weighted by Crippen LogP contribution is -2.46. The number of nitrogens with one attached hydrogen (secondary N) is 1. The maximum Gasteiger partial charge on any atom is 0.223 e. The van der Waals surface area contributed by atoms with Gasteiger partial charge in [0.1, 0.15) is 5.75 Å². The van der Waals surface area contributed by atoms with Crippen LogP contribution in [0.2, 0.25) is 0 Å². The molecule has 1 amide bonds. The summed E-state index contributed by atoms with van der Waals surface area (Å²) in [6, 6.07) is 7.70. The second-order valence-corrected chi connectivity index (χ2v) is 8.18. The number of anilines is 1. The summed E-state index contributed by atoms with van der Waals surface area (Å²) in [5, 5.41) is 11.6. The van der Waals surface area contributed by atoms with Crippen LogP contribution in [0.3, 0.4) is 0 Å². The molecule has 1 saturated heterocycles. The molecule has 8 nitrogen and oxygen atoms in total. The number of hydrogen-bond acceptors (Lipinski definition) is 6. The third kappa shape index (κ3) is 4.17. The van der Waals surface area contributed by atoms with Gasteiger partial charge in [-0.3, -0.25) is 9.59 Å². The van der Waals surface area contributed by atoms with Gasteiger partial charge >= 0.3 is 0 Å². The normalized spacial score (nSPS) is 17.9. The average Bonchev–Trinajstić information content (AvgIpc) is 3.45. The molecule has 1 aliphatic carbocycles. The molecule has 1 saturated carbocycles. The van der Waals surface area contributed by atoms with Crippen molar-refractivity contribution in [2.45, 2.75) is 51.5 Å². The summed E-state index contributed by atoms with van der Waals surface area (Å²) < 4.78 is 6.95. The number of hydrogen-bond donors (Lipinski definition) is 1. The number of amides is 1. The van der Waals surface area contributed by atoms with E-state index in [1.807, 2.05) is 24.3 Å². The number of piperidine rings is 1. The molecule has 2 heterocycles. The molecule has 8 heteroatoms. The zero-order valence-electron chi connectivity index (χ0n) is 17.6. The Labute approximate surface area is 176 Å². The van der Waals surface area contributed by atoms with E-state index >= 15 is 0 Å². The Hall–Kier alpha value is -2.90. The fraction of sp³-hybridized carbons (Fsp3) is 0.545. The zero-order chi connectivity index (χ0) is 21.1. The highest BCUT2D eigenvalue weighted by Gasteiger charge is 2.30. The van der Waals surface area contributed by atoms with Crippen molar-refractivity contribution in [3.05, 3.63) is 30.0 Å². The first-order valence-electron chi connectivity index (χ1n) is 10.7. The SMILES string of the molecule is COc1ccc(-n2nnc(C(C)=O)c2N2CCC(NC(=O)C3CCCC3)CC2)cc1. The third-order valence-electron chi connectivity index (χ3n) is 6.16. The quantitative estimate of drug-likeness (QED) is 0.735. The Bertz CT molecular complexity index is 894. The van der Waals surface area contributed by atoms with E-state index in [0.29, 0.717) is 11.5 Å². The van der Waals surface area contributed by atoms with Crippen molar-refractivity contribution in [1.29, 1.82) is 0 Å². The first kappa shape index (κ1) is 20.4. The summed E-state index contributed by atoms with van der Waals surface area (Å²) in [7, 11) is 1.62. The van der Waals surface area contributed by atoms with E-state index in [2.05, 4.69) is 20.5 Å². The van der Waals surface area contributed by atoms with Gasteiger partial charge in [0.05, 0.1) is 12.8 Å². The molecular formula is C22H29N5O3. The minimum Gasteiger partial charge on any atom is -0.497 e. The molecule has 0 bridgehead atoms. The number of methoxy groups -OCH3 is 1. The van der Waals surface area contributed by atoms with Gasteiger partial charge in [-0.1, -0.05) is 18.1 Å². The number of aromatic nitrogens is 3. The molecule has 2 aliphatic rings. The second kappa shape index (κ2) is 8.85. The predicted octanol–water partition coefficient (Wildman–Crippen LogP) is 2.75. The van der Waals surface area contributed by atoms with E-state index in [1.165, 1.54) is 6.92 Å². The van der Waals surface area contributed by atoms with Gasteiger partial charge in [-0.15, -0.1) is 5.10 Å². The van der Waals surface area contributed by atoms with Crippen LogP contribution in [0.1, 0.15) is 55.9 Å². The second-order valence-electron chi connectivity index (χ2n) is 8.18. The predicted molar refractivity (Wildman–Crippen MR) is 113 cm³/mol. The van der Waals surface area contributed by atoms with Crippen molar-refractivity contribution >= 4 is 17.5 Å². The van der Waals surface area contributed by atoms with Crippen molar-refractivity contribution in [1.82, 2.24) is 20.3 Å². The average molecular weight is 412 g/mol. The van der Waals surface area contributed by atoms with Gasteiger partial charge in [-0.25, -0.2) is 0 Å². The number of Topliss-reactive ketones (excluding diaryl/α,β-unsaturated/α-hetero) is 1. The molecule has 4 rings (SSSR count). The van der Waals surface area contributed by atoms with Crippen LogP contribution >= 0.6 is 0 Å². The highest BCUT2D eigenvalue weighted by Crippen LogP contribution is 2.28. The summed E-state index contributed by atoms with van der Waals surface area (Å²) in [6.45, 7) is 2.99. The topological polar surface area (TPSA) is 89.3 Å². The van der Waals surface area contributed by atoms with Crippen molar-refractivity contribution in [2.24, 2.45) is 5.92 Å². The summed E-state index contributed by atoms with van der Waals surface area (Å²) in [5.41, 5.74) is 1.20. The van der Waals surface area contributed by atoms with E-state index in [9.17, 15) is 9.59 Å². The van der Waals surface area contributed by atoms with Gasteiger partial charge in [-0.2, -0.15) is 4.68 Å². The number of ketones is 1. The van der Waals surface area contributed by atoms with E-state index in [-0.39, 0.29) is 23.7 Å². The first-order chi connectivity index (χ1) is 14.6. The molecule has 1 aromatic carbocycles. The Kier molecular flexibility index (Phi) is 6.01. The monoisotopic (exact) mass is 411 g/mol. The number of benzene rings is 1. The molecule has 0 radical (unpaired) electrons. The molecule has 1 aliphatic heterocycles. The maximum atomic E-state index is 12.5. The number of ether oxygens (including phenoxy) is 1. The summed E-state index contributed by atoms with van der Waals surface area (Å²) >= 11 is 0. The van der Waals surface area contributed by atoms with Crippen LogP contribution in [0.25, 0.3) is 5.69 Å². The first-order valence-corrected chi connectivity index (χ1v) is 10.7. The highest BCUT2D eigenvalue weighted by molar-refractivity contribution is 5.97. The van der Waals surface area contributed by atoms with Crippen molar-refractivity contribution in [2.75, 3.05) is 25.1 Å². The largest absolute Gasteiger partial charge is 0.497 e. The van der Waals surface area contributed by atoms with Gasteiger partial charge in [0.2, 0.25) is 5.91 Å². The van der Waals surface area contributed by atoms with Crippen LogP contribution in [0.5, 0.6) is 5.75 Å². The van der Waals surface area contributed by atoms with Crippen LogP contribution in [0.4, 0.5) is 5.82 Å². The molecule has 160 valence electrons. The molecule has 0 atom stereocenters. The fourth-order valence-electron chi connectivity index (χ4n) is 4.43. The maximum absolute atomic E-state index is 12.5. The zero-order valence-corrected chi connectivity index (χ0v) is 17.6. The highest BCUT2D eigenvalue weighted by atomic mass is 16.5. The summed E-state index contributed by atoms with van der Waals surface area (Å²) in [6.07, 6.45) is 6.02.